The summed E-state index contributed by atoms with van der Waals surface area (Å²) in [5.41, 5.74) is 10.9. The van der Waals surface area contributed by atoms with E-state index < -0.39 is 0 Å². The van der Waals surface area contributed by atoms with Crippen LogP contribution in [0.4, 0.5) is 5.69 Å². The maximum atomic E-state index is 5.82. The predicted octanol–water partition coefficient (Wildman–Crippen LogP) is 3.53. The summed E-state index contributed by atoms with van der Waals surface area (Å²) in [6.45, 7) is 4.03. The topological polar surface area (TPSA) is 64.9 Å². The first-order valence-corrected chi connectivity index (χ1v) is 6.86. The zero-order valence-electron chi connectivity index (χ0n) is 12.1. The van der Waals surface area contributed by atoms with Crippen molar-refractivity contribution >= 4 is 5.69 Å². The van der Waals surface area contributed by atoms with Crippen molar-refractivity contribution in [1.29, 1.82) is 0 Å². The first-order chi connectivity index (χ1) is 10.1. The van der Waals surface area contributed by atoms with E-state index in [1.807, 2.05) is 25.1 Å². The highest BCUT2D eigenvalue weighted by Gasteiger charge is 2.10. The Kier molecular flexibility index (Phi) is 3.44. The van der Waals surface area contributed by atoms with Gasteiger partial charge < -0.3 is 10.3 Å². The highest BCUT2D eigenvalue weighted by Crippen LogP contribution is 2.22. The Morgan fingerprint density at radius 2 is 1.81 bits per heavy atom. The van der Waals surface area contributed by atoms with Crippen LogP contribution in [0.3, 0.4) is 0 Å². The molecule has 106 valence electrons. The number of nitrogen functional groups attached to an aromatic ring is 1. The fraction of sp³-hybridized carbons (Fsp3) is 0.176. The molecule has 0 spiro atoms. The highest BCUT2D eigenvalue weighted by molar-refractivity contribution is 5.60. The number of benzene rings is 2. The van der Waals surface area contributed by atoms with Crippen LogP contribution in [0, 0.1) is 13.8 Å². The van der Waals surface area contributed by atoms with Crippen molar-refractivity contribution in [3.63, 3.8) is 0 Å². The molecular formula is C17H17N3O. The van der Waals surface area contributed by atoms with Crippen molar-refractivity contribution in [3.8, 4) is 11.5 Å². The number of hydrogen-bond donors (Lipinski definition) is 1. The molecule has 0 unspecified atom stereocenters. The van der Waals surface area contributed by atoms with Crippen molar-refractivity contribution in [2.24, 2.45) is 0 Å². The van der Waals surface area contributed by atoms with Crippen LogP contribution in [0.15, 0.2) is 47.0 Å². The van der Waals surface area contributed by atoms with E-state index in [1.165, 1.54) is 11.1 Å². The number of anilines is 1. The van der Waals surface area contributed by atoms with Crippen LogP contribution in [0.2, 0.25) is 0 Å². The number of hydrogen-bond acceptors (Lipinski definition) is 4. The normalized spacial score (nSPS) is 10.8. The van der Waals surface area contributed by atoms with Gasteiger partial charge in [-0.2, -0.15) is 4.98 Å². The molecule has 0 aliphatic rings. The highest BCUT2D eigenvalue weighted by atomic mass is 16.5. The van der Waals surface area contributed by atoms with Crippen molar-refractivity contribution in [2.45, 2.75) is 20.3 Å². The first-order valence-electron chi connectivity index (χ1n) is 6.86. The van der Waals surface area contributed by atoms with Gasteiger partial charge in [-0.25, -0.2) is 0 Å². The van der Waals surface area contributed by atoms with Gasteiger partial charge in [-0.3, -0.25) is 0 Å². The molecule has 1 aromatic heterocycles. The fourth-order valence-electron chi connectivity index (χ4n) is 2.14. The van der Waals surface area contributed by atoms with Crippen LogP contribution in [-0.2, 0) is 6.42 Å². The van der Waals surface area contributed by atoms with Crippen molar-refractivity contribution in [2.75, 3.05) is 5.73 Å². The maximum Gasteiger partial charge on any atom is 0.257 e. The molecule has 2 N–H and O–H groups in total. The van der Waals surface area contributed by atoms with Gasteiger partial charge in [-0.15, -0.1) is 0 Å². The summed E-state index contributed by atoms with van der Waals surface area (Å²) in [6.07, 6.45) is 0.664. The number of aryl methyl sites for hydroxylation is 2. The van der Waals surface area contributed by atoms with Gasteiger partial charge in [-0.1, -0.05) is 35.0 Å². The molecule has 2 aromatic carbocycles. The summed E-state index contributed by atoms with van der Waals surface area (Å²) >= 11 is 0. The Hall–Kier alpha value is -2.62. The molecule has 1 heterocycles. The molecule has 0 aliphatic heterocycles. The Morgan fingerprint density at radius 1 is 1.05 bits per heavy atom. The molecule has 21 heavy (non-hydrogen) atoms. The minimum Gasteiger partial charge on any atom is -0.399 e. The van der Waals surface area contributed by atoms with Gasteiger partial charge in [0.2, 0.25) is 0 Å². The van der Waals surface area contributed by atoms with Gasteiger partial charge >= 0.3 is 0 Å². The van der Waals surface area contributed by atoms with Crippen molar-refractivity contribution in [3.05, 3.63) is 65.0 Å². The second kappa shape index (κ2) is 5.40. The van der Waals surface area contributed by atoms with Crippen LogP contribution < -0.4 is 5.73 Å². The van der Waals surface area contributed by atoms with E-state index in [0.717, 1.165) is 16.8 Å². The van der Waals surface area contributed by atoms with E-state index >= 15 is 0 Å². The number of aromatic nitrogens is 2. The number of nitrogens with two attached hydrogens (primary N) is 1. The predicted molar refractivity (Wildman–Crippen MR) is 82.9 cm³/mol. The van der Waals surface area contributed by atoms with Gasteiger partial charge in [0.05, 0.1) is 0 Å². The van der Waals surface area contributed by atoms with E-state index in [4.69, 9.17) is 10.3 Å². The van der Waals surface area contributed by atoms with Gasteiger partial charge in [0, 0.05) is 17.7 Å². The zero-order valence-corrected chi connectivity index (χ0v) is 12.1. The third-order valence-corrected chi connectivity index (χ3v) is 3.47. The molecule has 0 amide bonds. The average molecular weight is 279 g/mol. The molecule has 0 fully saturated rings. The summed E-state index contributed by atoms with van der Waals surface area (Å²) in [5.74, 6) is 1.21. The van der Waals surface area contributed by atoms with E-state index in [2.05, 4.69) is 41.3 Å². The molecule has 3 aromatic rings. The molecule has 0 atom stereocenters. The minimum absolute atomic E-state index is 0.528. The van der Waals surface area contributed by atoms with Gasteiger partial charge in [0.15, 0.2) is 5.82 Å². The van der Waals surface area contributed by atoms with Crippen molar-refractivity contribution in [1.82, 2.24) is 10.1 Å². The first kappa shape index (κ1) is 13.4. The summed E-state index contributed by atoms with van der Waals surface area (Å²) in [4.78, 5) is 4.45. The molecular weight excluding hydrogens is 262 g/mol. The Balaban J connectivity index is 1.82. The molecule has 4 nitrogen and oxygen atoms in total. The molecule has 0 saturated carbocycles. The summed E-state index contributed by atoms with van der Waals surface area (Å²) in [6, 6.07) is 14.0. The van der Waals surface area contributed by atoms with E-state index in [-0.39, 0.29) is 0 Å². The van der Waals surface area contributed by atoms with Crippen LogP contribution in [0.25, 0.3) is 11.5 Å². The van der Waals surface area contributed by atoms with Gasteiger partial charge in [-0.05, 0) is 43.2 Å². The molecule has 0 radical (unpaired) electrons. The van der Waals surface area contributed by atoms with E-state index in [1.54, 1.807) is 0 Å². The third-order valence-electron chi connectivity index (χ3n) is 3.47. The van der Waals surface area contributed by atoms with Crippen LogP contribution in [0.1, 0.15) is 22.5 Å². The lowest BCUT2D eigenvalue weighted by atomic mass is 10.1. The van der Waals surface area contributed by atoms with Crippen LogP contribution >= 0.6 is 0 Å². The largest absolute Gasteiger partial charge is 0.399 e. The lowest BCUT2D eigenvalue weighted by Crippen LogP contribution is -1.91. The van der Waals surface area contributed by atoms with Crippen LogP contribution in [-0.4, -0.2) is 10.1 Å². The number of rotatable bonds is 3. The second-order valence-corrected chi connectivity index (χ2v) is 5.25. The number of nitrogens with zero attached hydrogens (tertiary/aromatic N) is 2. The van der Waals surface area contributed by atoms with Crippen LogP contribution in [0.5, 0.6) is 0 Å². The smallest absolute Gasteiger partial charge is 0.257 e. The zero-order chi connectivity index (χ0) is 14.8. The lowest BCUT2D eigenvalue weighted by Gasteiger charge is -2.00. The molecule has 0 aliphatic carbocycles. The Labute approximate surface area is 123 Å². The van der Waals surface area contributed by atoms with E-state index in [9.17, 15) is 0 Å². The van der Waals surface area contributed by atoms with Gasteiger partial charge in [0.25, 0.3) is 5.89 Å². The fourth-order valence-corrected chi connectivity index (χ4v) is 2.14. The summed E-state index contributed by atoms with van der Waals surface area (Å²) < 4.78 is 5.34. The summed E-state index contributed by atoms with van der Waals surface area (Å²) in [5, 5.41) is 4.05. The Morgan fingerprint density at radius 3 is 2.52 bits per heavy atom. The quantitative estimate of drug-likeness (QED) is 0.745. The van der Waals surface area contributed by atoms with E-state index in [0.29, 0.717) is 18.1 Å². The monoisotopic (exact) mass is 279 g/mol. The molecule has 0 saturated heterocycles. The SMILES string of the molecule is Cc1ccc(Cc2noc(-c3ccc(N)c(C)c3)n2)cc1. The Bertz CT molecular complexity index is 760. The second-order valence-electron chi connectivity index (χ2n) is 5.25. The lowest BCUT2D eigenvalue weighted by molar-refractivity contribution is 0.424. The maximum absolute atomic E-state index is 5.82. The molecule has 0 bridgehead atoms. The average Bonchev–Trinajstić information content (AvgIpc) is 2.93. The standard InChI is InChI=1S/C17H17N3O/c1-11-3-5-13(6-4-11)10-16-19-17(21-20-16)14-7-8-15(18)12(2)9-14/h3-9H,10,18H2,1-2H3. The minimum atomic E-state index is 0.528. The third kappa shape index (κ3) is 2.94. The summed E-state index contributed by atoms with van der Waals surface area (Å²) in [7, 11) is 0. The molecule has 4 heteroatoms. The van der Waals surface area contributed by atoms with Gasteiger partial charge in [0.1, 0.15) is 0 Å². The molecule has 3 rings (SSSR count). The van der Waals surface area contributed by atoms with Crippen molar-refractivity contribution < 1.29 is 4.52 Å².